The summed E-state index contributed by atoms with van der Waals surface area (Å²) in [6.45, 7) is 1.24. The first kappa shape index (κ1) is 21.6. The van der Waals surface area contributed by atoms with Gasteiger partial charge in [-0.05, 0) is 18.9 Å². The van der Waals surface area contributed by atoms with Crippen molar-refractivity contribution < 1.29 is 14.4 Å². The van der Waals surface area contributed by atoms with Gasteiger partial charge in [0.15, 0.2) is 11.5 Å². The Hall–Kier alpha value is -3.66. The summed E-state index contributed by atoms with van der Waals surface area (Å²) < 4.78 is 12.2. The molecule has 1 aliphatic heterocycles. The van der Waals surface area contributed by atoms with Crippen LogP contribution in [0.3, 0.4) is 0 Å². The molecule has 1 aromatic heterocycles. The molecule has 2 heterocycles. The number of ether oxygens (including phenoxy) is 2. The van der Waals surface area contributed by atoms with E-state index < -0.39 is 4.92 Å². The maximum absolute atomic E-state index is 13.6. The van der Waals surface area contributed by atoms with Crippen LogP contribution in [0.25, 0.3) is 10.9 Å². The molecule has 32 heavy (non-hydrogen) atoms. The van der Waals surface area contributed by atoms with E-state index in [0.29, 0.717) is 47.0 Å². The van der Waals surface area contributed by atoms with Crippen molar-refractivity contribution in [3.63, 3.8) is 0 Å². The Balaban J connectivity index is 1.94. The minimum Gasteiger partial charge on any atom is -0.493 e. The lowest BCUT2D eigenvalue weighted by Gasteiger charge is -2.33. The Morgan fingerprint density at radius 1 is 1.22 bits per heavy atom. The van der Waals surface area contributed by atoms with Gasteiger partial charge in [-0.15, -0.1) is 0 Å². The van der Waals surface area contributed by atoms with Crippen molar-refractivity contribution in [2.24, 2.45) is 5.73 Å². The molecule has 0 bridgehead atoms. The van der Waals surface area contributed by atoms with Crippen LogP contribution in [0.15, 0.2) is 41.2 Å². The van der Waals surface area contributed by atoms with Gasteiger partial charge in [-0.2, -0.15) is 0 Å². The molecule has 10 heteroatoms. The fourth-order valence-corrected chi connectivity index (χ4v) is 4.10. The highest BCUT2D eigenvalue weighted by molar-refractivity contribution is 5.83. The number of nitro groups is 1. The van der Waals surface area contributed by atoms with Crippen molar-refractivity contribution in [3.05, 3.63) is 62.4 Å². The Bertz CT molecular complexity index is 1230. The molecular weight excluding hydrogens is 414 g/mol. The van der Waals surface area contributed by atoms with E-state index in [-0.39, 0.29) is 23.8 Å². The normalized spacial score (nSPS) is 16.2. The predicted octanol–water partition coefficient (Wildman–Crippen LogP) is 2.30. The Labute approximate surface area is 184 Å². The second kappa shape index (κ2) is 8.83. The Morgan fingerprint density at radius 3 is 2.62 bits per heavy atom. The van der Waals surface area contributed by atoms with Crippen molar-refractivity contribution in [1.29, 1.82) is 0 Å². The van der Waals surface area contributed by atoms with Gasteiger partial charge >= 0.3 is 0 Å². The van der Waals surface area contributed by atoms with Crippen LogP contribution in [-0.4, -0.2) is 47.8 Å². The lowest BCUT2D eigenvalue weighted by Crippen LogP contribution is -2.45. The number of piperidine rings is 1. The summed E-state index contributed by atoms with van der Waals surface area (Å²) in [5, 5.41) is 11.9. The van der Waals surface area contributed by atoms with E-state index in [9.17, 15) is 14.9 Å². The first-order valence-corrected chi connectivity index (χ1v) is 10.3. The molecule has 0 radical (unpaired) electrons. The molecule has 2 N–H and O–H groups in total. The van der Waals surface area contributed by atoms with Gasteiger partial charge in [0.1, 0.15) is 0 Å². The third kappa shape index (κ3) is 3.96. The van der Waals surface area contributed by atoms with Crippen molar-refractivity contribution in [2.45, 2.75) is 25.4 Å². The average Bonchev–Trinajstić information content (AvgIpc) is 2.80. The lowest BCUT2D eigenvalue weighted by atomic mass is 10.1. The summed E-state index contributed by atoms with van der Waals surface area (Å²) >= 11 is 0. The van der Waals surface area contributed by atoms with Gasteiger partial charge in [-0.3, -0.25) is 19.5 Å². The molecule has 168 valence electrons. The van der Waals surface area contributed by atoms with Crippen LogP contribution in [0, 0.1) is 10.1 Å². The molecule has 1 unspecified atom stereocenters. The molecule has 1 fully saturated rings. The molecule has 2 aromatic carbocycles. The molecule has 3 aromatic rings. The third-order valence-corrected chi connectivity index (χ3v) is 5.70. The fraction of sp³-hybridized carbons (Fsp3) is 0.364. The fourth-order valence-electron chi connectivity index (χ4n) is 4.10. The molecule has 1 atom stereocenters. The van der Waals surface area contributed by atoms with Gasteiger partial charge in [0.2, 0.25) is 5.95 Å². The molecule has 4 rings (SSSR count). The third-order valence-electron chi connectivity index (χ3n) is 5.70. The van der Waals surface area contributed by atoms with E-state index in [1.807, 2.05) is 4.90 Å². The number of aromatic nitrogens is 2. The Kier molecular flexibility index (Phi) is 5.95. The number of nitro benzene ring substituents is 1. The van der Waals surface area contributed by atoms with Crippen molar-refractivity contribution in [1.82, 2.24) is 9.55 Å². The highest BCUT2D eigenvalue weighted by Crippen LogP contribution is 2.31. The number of benzene rings is 2. The second-order valence-corrected chi connectivity index (χ2v) is 7.76. The average molecular weight is 439 g/mol. The van der Waals surface area contributed by atoms with Gasteiger partial charge in [-0.25, -0.2) is 4.98 Å². The number of methoxy groups -OCH3 is 2. The van der Waals surface area contributed by atoms with E-state index in [4.69, 9.17) is 20.2 Å². The standard InChI is InChI=1S/C22H25N5O5/c1-31-19-10-16-17(11-20(19)32-2)24-22(25-9-5-7-15(23)13-25)26(21(16)28)12-14-6-3-4-8-18(14)27(29)30/h3-4,6,8,10-11,15H,5,7,9,12-13,23H2,1-2H3. The van der Waals surface area contributed by atoms with E-state index in [1.165, 1.54) is 24.9 Å². The number of nitrogens with zero attached hydrogens (tertiary/aromatic N) is 4. The first-order valence-electron chi connectivity index (χ1n) is 10.3. The molecule has 1 aliphatic rings. The Morgan fingerprint density at radius 2 is 1.94 bits per heavy atom. The van der Waals surface area contributed by atoms with E-state index in [2.05, 4.69) is 0 Å². The van der Waals surface area contributed by atoms with Crippen molar-refractivity contribution in [3.8, 4) is 11.5 Å². The van der Waals surface area contributed by atoms with Crippen LogP contribution in [0.2, 0.25) is 0 Å². The summed E-state index contributed by atoms with van der Waals surface area (Å²) in [6.07, 6.45) is 1.76. The summed E-state index contributed by atoms with van der Waals surface area (Å²) in [5.41, 5.74) is 6.70. The summed E-state index contributed by atoms with van der Waals surface area (Å²) in [4.78, 5) is 31.5. The largest absolute Gasteiger partial charge is 0.493 e. The first-order chi connectivity index (χ1) is 15.4. The zero-order valence-corrected chi connectivity index (χ0v) is 18.0. The number of fused-ring (bicyclic) bond motifs is 1. The van der Waals surface area contributed by atoms with Crippen LogP contribution in [-0.2, 0) is 6.54 Å². The summed E-state index contributed by atoms with van der Waals surface area (Å²) in [5.74, 6) is 1.30. The van der Waals surface area contributed by atoms with Gasteiger partial charge in [0, 0.05) is 36.8 Å². The summed E-state index contributed by atoms with van der Waals surface area (Å²) in [7, 11) is 3.01. The second-order valence-electron chi connectivity index (χ2n) is 7.76. The van der Waals surface area contributed by atoms with Gasteiger partial charge < -0.3 is 20.1 Å². The van der Waals surface area contributed by atoms with Crippen molar-refractivity contribution >= 4 is 22.5 Å². The lowest BCUT2D eigenvalue weighted by molar-refractivity contribution is -0.385. The SMILES string of the molecule is COc1cc2nc(N3CCCC(N)C3)n(Cc3ccccc3[N+](=O)[O-])c(=O)c2cc1OC. The van der Waals surface area contributed by atoms with Gasteiger partial charge in [0.25, 0.3) is 11.2 Å². The quantitative estimate of drug-likeness (QED) is 0.458. The maximum atomic E-state index is 13.6. The van der Waals surface area contributed by atoms with Gasteiger partial charge in [0.05, 0.1) is 36.6 Å². The highest BCUT2D eigenvalue weighted by atomic mass is 16.6. The van der Waals surface area contributed by atoms with Crippen LogP contribution in [0.1, 0.15) is 18.4 Å². The monoisotopic (exact) mass is 439 g/mol. The summed E-state index contributed by atoms with van der Waals surface area (Å²) in [6, 6.07) is 9.61. The smallest absolute Gasteiger partial charge is 0.274 e. The van der Waals surface area contributed by atoms with Crippen LogP contribution < -0.4 is 25.7 Å². The molecule has 1 saturated heterocycles. The number of hydrogen-bond donors (Lipinski definition) is 1. The van der Waals surface area contributed by atoms with Crippen molar-refractivity contribution in [2.75, 3.05) is 32.2 Å². The van der Waals surface area contributed by atoms with Crippen LogP contribution >= 0.6 is 0 Å². The topological polar surface area (TPSA) is 126 Å². The van der Waals surface area contributed by atoms with E-state index >= 15 is 0 Å². The van der Waals surface area contributed by atoms with Crippen LogP contribution in [0.5, 0.6) is 11.5 Å². The minimum absolute atomic E-state index is 0.00828. The zero-order valence-electron chi connectivity index (χ0n) is 18.0. The zero-order chi connectivity index (χ0) is 22.8. The number of rotatable bonds is 6. The van der Waals surface area contributed by atoms with E-state index in [1.54, 1.807) is 30.3 Å². The van der Waals surface area contributed by atoms with Gasteiger partial charge in [-0.1, -0.05) is 18.2 Å². The molecule has 0 saturated carbocycles. The number of anilines is 1. The molecule has 10 nitrogen and oxygen atoms in total. The molecule has 0 spiro atoms. The molecule has 0 amide bonds. The number of hydrogen-bond acceptors (Lipinski definition) is 8. The van der Waals surface area contributed by atoms with E-state index in [0.717, 1.165) is 12.8 Å². The predicted molar refractivity (Wildman–Crippen MR) is 121 cm³/mol. The minimum atomic E-state index is -0.445. The maximum Gasteiger partial charge on any atom is 0.274 e. The molecule has 0 aliphatic carbocycles. The van der Waals surface area contributed by atoms with Crippen LogP contribution in [0.4, 0.5) is 11.6 Å². The number of para-hydroxylation sites is 1. The molecular formula is C22H25N5O5. The number of nitrogens with two attached hydrogens (primary N) is 1. The highest BCUT2D eigenvalue weighted by Gasteiger charge is 2.25.